The number of carbonyl (C=O) groups is 2. The van der Waals surface area contributed by atoms with E-state index in [0.29, 0.717) is 66.2 Å². The van der Waals surface area contributed by atoms with Crippen molar-refractivity contribution in [1.29, 1.82) is 0 Å². The smallest absolute Gasteiger partial charge is 0.415 e. The van der Waals surface area contributed by atoms with E-state index in [1.165, 1.54) is 27.4 Å². The highest BCUT2D eigenvalue weighted by Gasteiger charge is 2.29. The van der Waals surface area contributed by atoms with Gasteiger partial charge in [0, 0.05) is 19.2 Å². The molecule has 2 heterocycles. The van der Waals surface area contributed by atoms with Crippen LogP contribution in [-0.4, -0.2) is 64.4 Å². The summed E-state index contributed by atoms with van der Waals surface area (Å²) in [6, 6.07) is 8.10. The molecule has 0 aliphatic carbocycles. The molecule has 9 heteroatoms. The number of rotatable bonds is 5. The molecule has 0 radical (unpaired) electrons. The fourth-order valence-corrected chi connectivity index (χ4v) is 3.48. The third kappa shape index (κ3) is 4.19. The normalized spacial score (nSPS) is 16.4. The first-order valence-electron chi connectivity index (χ1n) is 9.97. The predicted octanol–water partition coefficient (Wildman–Crippen LogP) is 3.16. The third-order valence-corrected chi connectivity index (χ3v) is 5.10. The van der Waals surface area contributed by atoms with Gasteiger partial charge in [-0.3, -0.25) is 4.79 Å². The lowest BCUT2D eigenvalue weighted by atomic mass is 10.1. The molecule has 0 bridgehead atoms. The van der Waals surface area contributed by atoms with E-state index in [1.54, 1.807) is 35.2 Å². The van der Waals surface area contributed by atoms with Crippen molar-refractivity contribution in [2.75, 3.05) is 47.6 Å². The minimum absolute atomic E-state index is 0.130. The summed E-state index contributed by atoms with van der Waals surface area (Å²) in [5.41, 5.74) is 1.02. The Morgan fingerprint density at radius 2 is 1.69 bits per heavy atom. The second-order valence-corrected chi connectivity index (χ2v) is 7.02. The molecule has 0 unspecified atom stereocenters. The van der Waals surface area contributed by atoms with Gasteiger partial charge in [0.15, 0.2) is 17.3 Å². The first kappa shape index (κ1) is 21.5. The minimum Gasteiger partial charge on any atom is -0.493 e. The van der Waals surface area contributed by atoms with Crippen LogP contribution in [0.2, 0.25) is 0 Å². The number of methoxy groups -OCH3 is 3. The summed E-state index contributed by atoms with van der Waals surface area (Å²) >= 11 is 0. The fourth-order valence-electron chi connectivity index (χ4n) is 3.48. The van der Waals surface area contributed by atoms with Crippen molar-refractivity contribution in [2.24, 2.45) is 0 Å². The predicted molar refractivity (Wildman–Crippen MR) is 114 cm³/mol. The Balaban J connectivity index is 1.55. The number of ketones is 1. The molecular weight excluding hydrogens is 418 g/mol. The Kier molecular flexibility index (Phi) is 6.18. The van der Waals surface area contributed by atoms with Crippen LogP contribution in [0.25, 0.3) is 6.08 Å². The van der Waals surface area contributed by atoms with E-state index in [9.17, 15) is 9.59 Å². The molecule has 4 rings (SSSR count). The first-order chi connectivity index (χ1) is 15.5. The average Bonchev–Trinajstić information content (AvgIpc) is 3.13. The molecule has 2 aliphatic rings. The maximum Gasteiger partial charge on any atom is 0.415 e. The monoisotopic (exact) mass is 441 g/mol. The third-order valence-electron chi connectivity index (χ3n) is 5.10. The number of carbonyl (C=O) groups excluding carboxylic acids is 2. The van der Waals surface area contributed by atoms with Crippen molar-refractivity contribution in [3.05, 3.63) is 47.2 Å². The van der Waals surface area contributed by atoms with Crippen LogP contribution in [0.4, 0.5) is 4.79 Å². The minimum atomic E-state index is -0.467. The highest BCUT2D eigenvalue weighted by Crippen LogP contribution is 2.40. The topological polar surface area (TPSA) is 92.8 Å². The molecule has 0 atom stereocenters. The molecule has 9 nitrogen and oxygen atoms in total. The summed E-state index contributed by atoms with van der Waals surface area (Å²) in [5, 5.41) is 0. The average molecular weight is 441 g/mol. The van der Waals surface area contributed by atoms with Crippen LogP contribution in [0.1, 0.15) is 15.9 Å². The van der Waals surface area contributed by atoms with E-state index in [1.807, 2.05) is 0 Å². The zero-order valence-corrected chi connectivity index (χ0v) is 18.0. The van der Waals surface area contributed by atoms with E-state index in [0.717, 1.165) is 0 Å². The van der Waals surface area contributed by atoms with Crippen LogP contribution in [0.3, 0.4) is 0 Å². The van der Waals surface area contributed by atoms with Gasteiger partial charge in [-0.2, -0.15) is 0 Å². The molecule has 2 aliphatic heterocycles. The molecule has 2 aromatic carbocycles. The van der Waals surface area contributed by atoms with Gasteiger partial charge < -0.3 is 33.3 Å². The second-order valence-electron chi connectivity index (χ2n) is 7.02. The number of allylic oxidation sites excluding steroid dienone is 1. The maximum absolute atomic E-state index is 12.8. The van der Waals surface area contributed by atoms with Crippen molar-refractivity contribution in [3.8, 4) is 28.7 Å². The Bertz CT molecular complexity index is 1050. The van der Waals surface area contributed by atoms with Crippen LogP contribution in [0, 0.1) is 0 Å². The molecule has 0 aromatic heterocycles. The summed E-state index contributed by atoms with van der Waals surface area (Å²) in [7, 11) is 4.55. The number of nitrogens with zero attached hydrogens (tertiary/aromatic N) is 1. The van der Waals surface area contributed by atoms with Gasteiger partial charge in [-0.05, 0) is 35.9 Å². The number of amides is 1. The van der Waals surface area contributed by atoms with Gasteiger partial charge in [0.05, 0.1) is 40.1 Å². The lowest BCUT2D eigenvalue weighted by molar-refractivity contribution is 0.0416. The number of ether oxygens (including phenoxy) is 6. The standard InChI is InChI=1S/C23H23NO8/c1-27-19-11-14(12-20(28-2)22(19)29-3)10-18-21(25)16-5-4-15(13-17(16)32-18)31-23(26)24-6-8-30-9-7-24/h4-5,10-13H,6-9H2,1-3H3. The molecule has 32 heavy (non-hydrogen) atoms. The maximum atomic E-state index is 12.8. The summed E-state index contributed by atoms with van der Waals surface area (Å²) in [6.45, 7) is 1.90. The summed E-state index contributed by atoms with van der Waals surface area (Å²) in [4.78, 5) is 26.7. The van der Waals surface area contributed by atoms with E-state index >= 15 is 0 Å². The largest absolute Gasteiger partial charge is 0.493 e. The SMILES string of the molecule is COc1cc(C=C2Oc3cc(OC(=O)N4CCOCC4)ccc3C2=O)cc(OC)c1OC. The summed E-state index contributed by atoms with van der Waals surface area (Å²) in [6.07, 6.45) is 1.12. The van der Waals surface area contributed by atoms with Crippen LogP contribution in [0.15, 0.2) is 36.1 Å². The molecule has 1 saturated heterocycles. The highest BCUT2D eigenvalue weighted by atomic mass is 16.6. The number of benzene rings is 2. The lowest BCUT2D eigenvalue weighted by Gasteiger charge is -2.25. The van der Waals surface area contributed by atoms with Crippen LogP contribution < -0.4 is 23.7 Å². The van der Waals surface area contributed by atoms with Crippen molar-refractivity contribution in [2.45, 2.75) is 0 Å². The Hall–Kier alpha value is -3.72. The molecule has 0 N–H and O–H groups in total. The molecule has 0 spiro atoms. The highest BCUT2D eigenvalue weighted by molar-refractivity contribution is 6.14. The van der Waals surface area contributed by atoms with E-state index in [4.69, 9.17) is 28.4 Å². The number of morpholine rings is 1. The van der Waals surface area contributed by atoms with Gasteiger partial charge in [-0.1, -0.05) is 0 Å². The first-order valence-corrected chi connectivity index (χ1v) is 9.97. The second kappa shape index (κ2) is 9.19. The van der Waals surface area contributed by atoms with Gasteiger partial charge in [0.25, 0.3) is 0 Å². The van der Waals surface area contributed by atoms with Crippen LogP contribution >= 0.6 is 0 Å². The van der Waals surface area contributed by atoms with E-state index < -0.39 is 6.09 Å². The molecular formula is C23H23NO8. The zero-order valence-electron chi connectivity index (χ0n) is 18.0. The fraction of sp³-hybridized carbons (Fsp3) is 0.304. The number of hydrogen-bond donors (Lipinski definition) is 0. The van der Waals surface area contributed by atoms with E-state index in [-0.39, 0.29) is 11.5 Å². The zero-order chi connectivity index (χ0) is 22.7. The van der Waals surface area contributed by atoms with Gasteiger partial charge in [-0.25, -0.2) is 4.79 Å². The van der Waals surface area contributed by atoms with Crippen molar-refractivity contribution in [3.63, 3.8) is 0 Å². The van der Waals surface area contributed by atoms with Gasteiger partial charge in [-0.15, -0.1) is 0 Å². The van der Waals surface area contributed by atoms with Gasteiger partial charge >= 0.3 is 6.09 Å². The van der Waals surface area contributed by atoms with E-state index in [2.05, 4.69) is 0 Å². The molecule has 1 amide bonds. The number of fused-ring (bicyclic) bond motifs is 1. The lowest BCUT2D eigenvalue weighted by Crippen LogP contribution is -2.42. The number of hydrogen-bond acceptors (Lipinski definition) is 8. The van der Waals surface area contributed by atoms with Crippen molar-refractivity contribution >= 4 is 18.0 Å². The molecule has 0 saturated carbocycles. The molecule has 2 aromatic rings. The Morgan fingerprint density at radius 3 is 2.31 bits per heavy atom. The number of Topliss-reactive ketones (excluding diaryl/α,β-unsaturated/α-hetero) is 1. The van der Waals surface area contributed by atoms with Crippen molar-refractivity contribution < 1.29 is 38.0 Å². The summed E-state index contributed by atoms with van der Waals surface area (Å²) < 4.78 is 32.5. The molecule has 168 valence electrons. The van der Waals surface area contributed by atoms with Crippen molar-refractivity contribution in [1.82, 2.24) is 4.90 Å². The van der Waals surface area contributed by atoms with Crippen LogP contribution in [0.5, 0.6) is 28.7 Å². The van der Waals surface area contributed by atoms with Gasteiger partial charge in [0.1, 0.15) is 11.5 Å². The Morgan fingerprint density at radius 1 is 1.00 bits per heavy atom. The Labute approximate surface area is 185 Å². The van der Waals surface area contributed by atoms with Gasteiger partial charge in [0.2, 0.25) is 11.5 Å². The quantitative estimate of drug-likeness (QED) is 0.654. The van der Waals surface area contributed by atoms with Crippen LogP contribution in [-0.2, 0) is 4.74 Å². The summed E-state index contributed by atoms with van der Waals surface area (Å²) in [5.74, 6) is 1.83. The molecule has 1 fully saturated rings.